The van der Waals surface area contributed by atoms with Crippen molar-refractivity contribution < 1.29 is 9.21 Å². The molecule has 1 amide bonds. The van der Waals surface area contributed by atoms with Gasteiger partial charge in [0.15, 0.2) is 11.2 Å². The molecule has 3 aromatic heterocycles. The van der Waals surface area contributed by atoms with Gasteiger partial charge in [0.05, 0.1) is 6.42 Å². The molecule has 0 unspecified atom stereocenters. The number of aromatic amines is 1. The largest absolute Gasteiger partial charge is 0.436 e. The fourth-order valence-electron chi connectivity index (χ4n) is 3.67. The van der Waals surface area contributed by atoms with E-state index in [1.165, 1.54) is 6.07 Å². The standard InChI is InChI=1S/C23H19N5O3/c1-13-17(14(2)28-20(24-13)12-22(30)27-28)11-21(29)25-16-9-7-15(8-10-16)23-26-18-5-3-4-6-19(18)31-23/h3-10,12H,11H2,1-2H3,(H,25,29)(H,27,30). The number of hydrogen-bond donors (Lipinski definition) is 2. The smallest absolute Gasteiger partial charge is 0.266 e. The number of nitrogens with zero attached hydrogens (tertiary/aromatic N) is 3. The minimum absolute atomic E-state index is 0.147. The number of fused-ring (bicyclic) bond motifs is 2. The van der Waals surface area contributed by atoms with E-state index in [9.17, 15) is 9.59 Å². The van der Waals surface area contributed by atoms with Crippen molar-refractivity contribution >= 4 is 28.3 Å². The molecule has 2 N–H and O–H groups in total. The second-order valence-electron chi connectivity index (χ2n) is 7.36. The zero-order valence-corrected chi connectivity index (χ0v) is 17.0. The Bertz CT molecular complexity index is 1460. The lowest BCUT2D eigenvalue weighted by atomic mass is 10.1. The first kappa shape index (κ1) is 18.8. The lowest BCUT2D eigenvalue weighted by molar-refractivity contribution is -0.115. The van der Waals surface area contributed by atoms with Crippen molar-refractivity contribution in [2.24, 2.45) is 0 Å². The summed E-state index contributed by atoms with van der Waals surface area (Å²) in [6, 6.07) is 16.4. The summed E-state index contributed by atoms with van der Waals surface area (Å²) in [4.78, 5) is 33.2. The zero-order chi connectivity index (χ0) is 21.5. The molecule has 0 aliphatic carbocycles. The Morgan fingerprint density at radius 1 is 1.10 bits per heavy atom. The normalized spacial score (nSPS) is 11.3. The van der Waals surface area contributed by atoms with E-state index in [1.807, 2.05) is 62.4 Å². The maximum atomic E-state index is 12.6. The number of aryl methyl sites for hydroxylation is 2. The number of anilines is 1. The number of amides is 1. The van der Waals surface area contributed by atoms with E-state index >= 15 is 0 Å². The van der Waals surface area contributed by atoms with Gasteiger partial charge in [-0.1, -0.05) is 12.1 Å². The molecule has 3 heterocycles. The fourth-order valence-corrected chi connectivity index (χ4v) is 3.67. The maximum Gasteiger partial charge on any atom is 0.266 e. The van der Waals surface area contributed by atoms with Gasteiger partial charge in [-0.15, -0.1) is 0 Å². The van der Waals surface area contributed by atoms with Crippen molar-refractivity contribution in [3.05, 3.63) is 81.9 Å². The van der Waals surface area contributed by atoms with Crippen LogP contribution in [0, 0.1) is 13.8 Å². The molecule has 8 heteroatoms. The molecule has 5 rings (SSSR count). The molecule has 31 heavy (non-hydrogen) atoms. The van der Waals surface area contributed by atoms with Crippen LogP contribution in [0.5, 0.6) is 0 Å². The molecule has 154 valence electrons. The summed E-state index contributed by atoms with van der Waals surface area (Å²) in [7, 11) is 0. The van der Waals surface area contributed by atoms with Crippen LogP contribution in [0.3, 0.4) is 0 Å². The van der Waals surface area contributed by atoms with Crippen molar-refractivity contribution in [3.8, 4) is 11.5 Å². The molecule has 0 radical (unpaired) electrons. The van der Waals surface area contributed by atoms with E-state index in [-0.39, 0.29) is 17.9 Å². The number of H-pyrrole nitrogens is 1. The van der Waals surface area contributed by atoms with Gasteiger partial charge in [0, 0.05) is 34.3 Å². The summed E-state index contributed by atoms with van der Waals surface area (Å²) in [6.07, 6.45) is 0.147. The Hall–Kier alpha value is -4.20. The average molecular weight is 413 g/mol. The summed E-state index contributed by atoms with van der Waals surface area (Å²) in [6.45, 7) is 3.69. The first-order chi connectivity index (χ1) is 15.0. The predicted molar refractivity (Wildman–Crippen MR) is 117 cm³/mol. The number of nitrogens with one attached hydrogen (secondary N) is 2. The summed E-state index contributed by atoms with van der Waals surface area (Å²) in [5.41, 5.74) is 5.62. The molecule has 0 bridgehead atoms. The highest BCUT2D eigenvalue weighted by molar-refractivity contribution is 5.92. The van der Waals surface area contributed by atoms with E-state index in [0.717, 1.165) is 33.6 Å². The van der Waals surface area contributed by atoms with Gasteiger partial charge in [-0.2, -0.15) is 0 Å². The summed E-state index contributed by atoms with van der Waals surface area (Å²) >= 11 is 0. The Kier molecular flexibility index (Phi) is 4.39. The minimum Gasteiger partial charge on any atom is -0.436 e. The molecule has 0 atom stereocenters. The average Bonchev–Trinajstić information content (AvgIpc) is 3.35. The van der Waals surface area contributed by atoms with Crippen LogP contribution >= 0.6 is 0 Å². The van der Waals surface area contributed by atoms with Crippen molar-refractivity contribution in [2.75, 3.05) is 5.32 Å². The molecule has 0 saturated carbocycles. The molecule has 0 spiro atoms. The third kappa shape index (κ3) is 3.48. The summed E-state index contributed by atoms with van der Waals surface area (Å²) < 4.78 is 7.39. The SMILES string of the molecule is Cc1nc2cc(=O)[nH]n2c(C)c1CC(=O)Nc1ccc(-c2nc3ccccc3o2)cc1. The number of benzene rings is 2. The van der Waals surface area contributed by atoms with Crippen LogP contribution in [0.25, 0.3) is 28.2 Å². The molecule has 0 aliphatic rings. The lowest BCUT2D eigenvalue weighted by Gasteiger charge is -2.12. The van der Waals surface area contributed by atoms with E-state index in [4.69, 9.17) is 4.42 Å². The van der Waals surface area contributed by atoms with Crippen molar-refractivity contribution in [1.29, 1.82) is 0 Å². The van der Waals surface area contributed by atoms with Gasteiger partial charge in [-0.25, -0.2) is 14.5 Å². The first-order valence-corrected chi connectivity index (χ1v) is 9.81. The zero-order valence-electron chi connectivity index (χ0n) is 17.0. The second kappa shape index (κ2) is 7.24. The molecular weight excluding hydrogens is 394 g/mol. The van der Waals surface area contributed by atoms with E-state index in [2.05, 4.69) is 20.4 Å². The van der Waals surface area contributed by atoms with Crippen LogP contribution in [-0.4, -0.2) is 25.5 Å². The van der Waals surface area contributed by atoms with Gasteiger partial charge in [-0.3, -0.25) is 14.7 Å². The molecule has 2 aromatic carbocycles. The van der Waals surface area contributed by atoms with Gasteiger partial charge in [-0.05, 0) is 50.2 Å². The van der Waals surface area contributed by atoms with E-state index in [1.54, 1.807) is 4.52 Å². The van der Waals surface area contributed by atoms with Gasteiger partial charge < -0.3 is 9.73 Å². The van der Waals surface area contributed by atoms with Crippen molar-refractivity contribution in [3.63, 3.8) is 0 Å². The van der Waals surface area contributed by atoms with E-state index in [0.29, 0.717) is 17.2 Å². The van der Waals surface area contributed by atoms with Gasteiger partial charge in [0.2, 0.25) is 11.8 Å². The van der Waals surface area contributed by atoms with Crippen LogP contribution in [0.4, 0.5) is 5.69 Å². The number of hydrogen-bond acceptors (Lipinski definition) is 5. The highest BCUT2D eigenvalue weighted by atomic mass is 16.3. The molecule has 5 aromatic rings. The van der Waals surface area contributed by atoms with E-state index < -0.39 is 0 Å². The summed E-state index contributed by atoms with van der Waals surface area (Å²) in [5, 5.41) is 5.61. The molecule has 0 aliphatic heterocycles. The number of rotatable bonds is 4. The lowest BCUT2D eigenvalue weighted by Crippen LogP contribution is -2.17. The Labute approximate surface area is 176 Å². The Morgan fingerprint density at radius 2 is 1.87 bits per heavy atom. The number of aromatic nitrogens is 4. The summed E-state index contributed by atoms with van der Waals surface area (Å²) in [5.74, 6) is 0.363. The predicted octanol–water partition coefficient (Wildman–Crippen LogP) is 3.63. The first-order valence-electron chi connectivity index (χ1n) is 9.81. The number of oxazole rings is 1. The molecule has 0 fully saturated rings. The van der Waals surface area contributed by atoms with Crippen molar-refractivity contribution in [1.82, 2.24) is 19.6 Å². The van der Waals surface area contributed by atoms with Crippen LogP contribution in [-0.2, 0) is 11.2 Å². The Balaban J connectivity index is 1.34. The van der Waals surface area contributed by atoms with Gasteiger partial charge >= 0.3 is 0 Å². The van der Waals surface area contributed by atoms with Crippen LogP contribution in [0.15, 0.2) is 63.8 Å². The monoisotopic (exact) mass is 413 g/mol. The number of carbonyl (C=O) groups is 1. The number of para-hydroxylation sites is 2. The molecule has 0 saturated heterocycles. The fraction of sp³-hybridized carbons (Fsp3) is 0.130. The van der Waals surface area contributed by atoms with Gasteiger partial charge in [0.25, 0.3) is 5.56 Å². The third-order valence-electron chi connectivity index (χ3n) is 5.25. The highest BCUT2D eigenvalue weighted by Crippen LogP contribution is 2.25. The maximum absolute atomic E-state index is 12.6. The quantitative estimate of drug-likeness (QED) is 0.468. The molecular formula is C23H19N5O3. The Morgan fingerprint density at radius 3 is 2.65 bits per heavy atom. The van der Waals surface area contributed by atoms with Crippen molar-refractivity contribution in [2.45, 2.75) is 20.3 Å². The minimum atomic E-state index is -0.226. The topological polar surface area (TPSA) is 105 Å². The van der Waals surface area contributed by atoms with Gasteiger partial charge in [0.1, 0.15) is 5.52 Å². The second-order valence-corrected chi connectivity index (χ2v) is 7.36. The third-order valence-corrected chi connectivity index (χ3v) is 5.25. The van der Waals surface area contributed by atoms with Crippen LogP contribution in [0.1, 0.15) is 17.0 Å². The highest BCUT2D eigenvalue weighted by Gasteiger charge is 2.15. The molecule has 8 nitrogen and oxygen atoms in total. The van der Waals surface area contributed by atoms with Crippen LogP contribution < -0.4 is 10.9 Å². The number of carbonyl (C=O) groups excluding carboxylic acids is 1. The van der Waals surface area contributed by atoms with Crippen LogP contribution in [0.2, 0.25) is 0 Å².